The number of nitrogens with zero attached hydrogens (tertiary/aromatic N) is 1. The van der Waals surface area contributed by atoms with E-state index in [1.54, 1.807) is 13.2 Å². The van der Waals surface area contributed by atoms with E-state index in [-0.39, 0.29) is 24.3 Å². The number of ether oxygens (including phenoxy) is 1. The molecule has 130 valence electrons. The fraction of sp³-hybridized carbons (Fsp3) is 0.556. The third-order valence-electron chi connectivity index (χ3n) is 4.29. The Balaban J connectivity index is 0.00000264. The topological polar surface area (TPSA) is 24.5 Å². The maximum absolute atomic E-state index is 14.5. The lowest BCUT2D eigenvalue weighted by Crippen LogP contribution is -2.45. The van der Waals surface area contributed by atoms with E-state index >= 15 is 0 Å². The largest absolute Gasteiger partial charge is 0.496 e. The Morgan fingerprint density at radius 2 is 2.09 bits per heavy atom. The van der Waals surface area contributed by atoms with Gasteiger partial charge in [0.05, 0.1) is 7.11 Å². The molecule has 1 heterocycles. The summed E-state index contributed by atoms with van der Waals surface area (Å²) in [6.45, 7) is 7.58. The van der Waals surface area contributed by atoms with E-state index in [1.165, 1.54) is 6.07 Å². The lowest BCUT2D eigenvalue weighted by Gasteiger charge is -2.36. The molecule has 0 bridgehead atoms. The summed E-state index contributed by atoms with van der Waals surface area (Å²) in [5.74, 6) is 0.499. The zero-order valence-electron chi connectivity index (χ0n) is 13.9. The van der Waals surface area contributed by atoms with Crippen molar-refractivity contribution in [1.82, 2.24) is 10.2 Å². The number of unbranched alkanes of at least 4 members (excludes halogenated alkanes) is 2. The lowest BCUT2D eigenvalue weighted by molar-refractivity contribution is 0.157. The number of allylic oxidation sites excluding steroid dienone is 1. The van der Waals surface area contributed by atoms with Crippen molar-refractivity contribution < 1.29 is 9.13 Å². The van der Waals surface area contributed by atoms with Gasteiger partial charge in [0.15, 0.2) is 0 Å². The summed E-state index contributed by atoms with van der Waals surface area (Å²) in [6, 6.07) is 5.20. The summed E-state index contributed by atoms with van der Waals surface area (Å²) in [5.41, 5.74) is 0.713. The second-order valence-electron chi connectivity index (χ2n) is 5.73. The molecule has 1 fully saturated rings. The maximum Gasteiger partial charge on any atom is 0.131 e. The number of benzene rings is 1. The van der Waals surface area contributed by atoms with Gasteiger partial charge in [-0.2, -0.15) is 0 Å². The second-order valence-corrected chi connectivity index (χ2v) is 5.73. The number of nitrogens with one attached hydrogen (secondary N) is 1. The Kier molecular flexibility index (Phi) is 9.22. The molecule has 0 aliphatic carbocycles. The fourth-order valence-corrected chi connectivity index (χ4v) is 3.15. The minimum absolute atomic E-state index is 0. The first-order chi connectivity index (χ1) is 10.8. The number of methoxy groups -OCH3 is 1. The molecule has 1 aromatic carbocycles. The molecule has 5 heteroatoms. The number of hydrogen-bond donors (Lipinski definition) is 1. The summed E-state index contributed by atoms with van der Waals surface area (Å²) >= 11 is 0. The molecule has 0 spiro atoms. The van der Waals surface area contributed by atoms with Gasteiger partial charge in [0.1, 0.15) is 11.6 Å². The summed E-state index contributed by atoms with van der Waals surface area (Å²) in [6.07, 6.45) is 6.08. The van der Waals surface area contributed by atoms with Crippen LogP contribution in [0.25, 0.3) is 0 Å². The molecule has 1 atom stereocenters. The Bertz CT molecular complexity index is 478. The maximum atomic E-state index is 14.5. The van der Waals surface area contributed by atoms with Gasteiger partial charge in [0, 0.05) is 37.8 Å². The molecule has 1 N–H and O–H groups in total. The van der Waals surface area contributed by atoms with E-state index in [4.69, 9.17) is 4.74 Å². The quantitative estimate of drug-likeness (QED) is 0.572. The van der Waals surface area contributed by atoms with Gasteiger partial charge in [-0.15, -0.1) is 19.0 Å². The Morgan fingerprint density at radius 1 is 1.35 bits per heavy atom. The SMILES string of the molecule is C=CCCCC[C@H](c1c(F)cccc1OC)N1CCNCC1.Cl. The third-order valence-corrected chi connectivity index (χ3v) is 4.29. The van der Waals surface area contributed by atoms with E-state index < -0.39 is 0 Å². The first-order valence-electron chi connectivity index (χ1n) is 8.16. The van der Waals surface area contributed by atoms with Crippen LogP contribution in [0.15, 0.2) is 30.9 Å². The molecule has 3 nitrogen and oxygen atoms in total. The van der Waals surface area contributed by atoms with E-state index in [2.05, 4.69) is 16.8 Å². The van der Waals surface area contributed by atoms with E-state index in [0.29, 0.717) is 11.3 Å². The molecule has 0 saturated carbocycles. The van der Waals surface area contributed by atoms with Crippen LogP contribution >= 0.6 is 12.4 Å². The number of hydrogen-bond acceptors (Lipinski definition) is 3. The lowest BCUT2D eigenvalue weighted by atomic mass is 9.96. The predicted molar refractivity (Wildman–Crippen MR) is 96.0 cm³/mol. The summed E-state index contributed by atoms with van der Waals surface area (Å²) in [5, 5.41) is 3.36. The highest BCUT2D eigenvalue weighted by molar-refractivity contribution is 5.85. The van der Waals surface area contributed by atoms with Crippen LogP contribution in [0.4, 0.5) is 4.39 Å². The van der Waals surface area contributed by atoms with Crippen LogP contribution in [-0.4, -0.2) is 38.2 Å². The molecule has 1 aliphatic rings. The highest BCUT2D eigenvalue weighted by atomic mass is 35.5. The second kappa shape index (κ2) is 10.6. The van der Waals surface area contributed by atoms with Crippen molar-refractivity contribution in [2.24, 2.45) is 0 Å². The molecule has 23 heavy (non-hydrogen) atoms. The standard InChI is InChI=1S/C18H27FN2O.ClH/c1-3-4-5-6-9-16(21-13-11-20-12-14-21)18-15(19)8-7-10-17(18)22-2;/h3,7-8,10,16,20H,1,4-6,9,11-14H2,2H3;1H/t16-;/m1./s1. The van der Waals surface area contributed by atoms with Gasteiger partial charge in [-0.1, -0.05) is 18.6 Å². The smallest absolute Gasteiger partial charge is 0.131 e. The van der Waals surface area contributed by atoms with Crippen molar-refractivity contribution in [3.63, 3.8) is 0 Å². The molecule has 1 saturated heterocycles. The zero-order chi connectivity index (χ0) is 15.8. The number of piperazine rings is 1. The average molecular weight is 343 g/mol. The number of rotatable bonds is 8. The van der Waals surface area contributed by atoms with Crippen LogP contribution < -0.4 is 10.1 Å². The van der Waals surface area contributed by atoms with Gasteiger partial charge in [0.25, 0.3) is 0 Å². The molecular formula is C18H28ClFN2O. The van der Waals surface area contributed by atoms with Gasteiger partial charge >= 0.3 is 0 Å². The van der Waals surface area contributed by atoms with Gasteiger partial charge in [-0.25, -0.2) is 4.39 Å². The highest BCUT2D eigenvalue weighted by Crippen LogP contribution is 2.35. The molecule has 2 rings (SSSR count). The van der Waals surface area contributed by atoms with Crippen molar-refractivity contribution in [3.8, 4) is 5.75 Å². The first kappa shape index (κ1) is 19.9. The molecule has 0 unspecified atom stereocenters. The van der Waals surface area contributed by atoms with Gasteiger partial charge in [-0.3, -0.25) is 4.90 Å². The Morgan fingerprint density at radius 3 is 2.74 bits per heavy atom. The molecule has 1 aliphatic heterocycles. The first-order valence-corrected chi connectivity index (χ1v) is 8.16. The number of halogens is 2. The van der Waals surface area contributed by atoms with Crippen molar-refractivity contribution >= 4 is 12.4 Å². The minimum Gasteiger partial charge on any atom is -0.496 e. The van der Waals surface area contributed by atoms with Crippen molar-refractivity contribution in [2.45, 2.75) is 31.7 Å². The average Bonchev–Trinajstić information content (AvgIpc) is 2.56. The van der Waals surface area contributed by atoms with Crippen LogP contribution in [0, 0.1) is 5.82 Å². The Hall–Kier alpha value is -1.10. The monoisotopic (exact) mass is 342 g/mol. The minimum atomic E-state index is -0.161. The van der Waals surface area contributed by atoms with Crippen molar-refractivity contribution in [1.29, 1.82) is 0 Å². The fourth-order valence-electron chi connectivity index (χ4n) is 3.15. The summed E-state index contributed by atoms with van der Waals surface area (Å²) in [4.78, 5) is 2.38. The van der Waals surface area contributed by atoms with Crippen LogP contribution in [-0.2, 0) is 0 Å². The van der Waals surface area contributed by atoms with E-state index in [9.17, 15) is 4.39 Å². The van der Waals surface area contributed by atoms with E-state index in [1.807, 2.05) is 12.1 Å². The van der Waals surface area contributed by atoms with Crippen molar-refractivity contribution in [2.75, 3.05) is 33.3 Å². The molecule has 1 aromatic rings. The van der Waals surface area contributed by atoms with Crippen LogP contribution in [0.1, 0.15) is 37.3 Å². The van der Waals surface area contributed by atoms with Crippen molar-refractivity contribution in [3.05, 3.63) is 42.2 Å². The zero-order valence-corrected chi connectivity index (χ0v) is 14.7. The molecule has 0 aromatic heterocycles. The Labute approximate surface area is 145 Å². The normalized spacial score (nSPS) is 16.4. The van der Waals surface area contributed by atoms with E-state index in [0.717, 1.165) is 51.9 Å². The third kappa shape index (κ3) is 5.48. The molecular weight excluding hydrogens is 315 g/mol. The summed E-state index contributed by atoms with van der Waals surface area (Å²) in [7, 11) is 1.62. The summed E-state index contributed by atoms with van der Waals surface area (Å²) < 4.78 is 19.9. The molecule has 0 amide bonds. The van der Waals surface area contributed by atoms with Crippen LogP contribution in [0.3, 0.4) is 0 Å². The predicted octanol–water partition coefficient (Wildman–Crippen LogP) is 3.95. The van der Waals surface area contributed by atoms with Crippen LogP contribution in [0.5, 0.6) is 5.75 Å². The highest BCUT2D eigenvalue weighted by Gasteiger charge is 2.27. The van der Waals surface area contributed by atoms with Crippen LogP contribution in [0.2, 0.25) is 0 Å². The molecule has 0 radical (unpaired) electrons. The van der Waals surface area contributed by atoms with Gasteiger partial charge in [-0.05, 0) is 31.4 Å². The van der Waals surface area contributed by atoms with Gasteiger partial charge < -0.3 is 10.1 Å². The van der Waals surface area contributed by atoms with Gasteiger partial charge in [0.2, 0.25) is 0 Å².